The maximum atomic E-state index is 14.0. The molecule has 0 saturated carbocycles. The first-order valence-corrected chi connectivity index (χ1v) is 16.1. The molecule has 0 aliphatic carbocycles. The highest BCUT2D eigenvalue weighted by Crippen LogP contribution is 2.45. The van der Waals surface area contributed by atoms with Crippen molar-refractivity contribution in [3.8, 4) is 22.3 Å². The van der Waals surface area contributed by atoms with Gasteiger partial charge in [0.15, 0.2) is 0 Å². The second-order valence-corrected chi connectivity index (χ2v) is 12.0. The lowest BCUT2D eigenvalue weighted by Gasteiger charge is -2.30. The Morgan fingerprint density at radius 1 is 0.367 bits per heavy atom. The monoisotopic (exact) mass is 633 g/mol. The second-order valence-electron chi connectivity index (χ2n) is 12.0. The van der Waals surface area contributed by atoms with Gasteiger partial charge < -0.3 is 13.7 Å². The van der Waals surface area contributed by atoms with Crippen molar-refractivity contribution < 1.29 is 8.83 Å². The number of hydrogen-bond donors (Lipinski definition) is 0. The number of fused-ring (bicyclic) bond motifs is 4. The molecule has 0 N–H and O–H groups in total. The quantitative estimate of drug-likeness (QED) is 0.177. The van der Waals surface area contributed by atoms with Gasteiger partial charge in [-0.25, -0.2) is 0 Å². The smallest absolute Gasteiger partial charge is 0.200 e. The number of hydrogen-bond acceptors (Lipinski definition) is 5. The van der Waals surface area contributed by atoms with Crippen molar-refractivity contribution in [2.75, 3.05) is 4.90 Å². The third-order valence-corrected chi connectivity index (χ3v) is 9.07. The minimum atomic E-state index is -0.210. The fraction of sp³-hybridized carbons (Fsp3) is 0. The van der Waals surface area contributed by atoms with Crippen LogP contribution < -0.4 is 15.8 Å². The molecular formula is C44H27NO4. The van der Waals surface area contributed by atoms with E-state index >= 15 is 0 Å². The molecule has 0 saturated heterocycles. The number of anilines is 3. The topological polar surface area (TPSA) is 63.7 Å². The van der Waals surface area contributed by atoms with E-state index in [4.69, 9.17) is 8.83 Å². The van der Waals surface area contributed by atoms with Gasteiger partial charge in [0.1, 0.15) is 22.3 Å². The molecule has 5 heteroatoms. The van der Waals surface area contributed by atoms with Gasteiger partial charge in [0, 0.05) is 28.9 Å². The summed E-state index contributed by atoms with van der Waals surface area (Å²) in [5.41, 5.74) is 8.27. The normalized spacial score (nSPS) is 11.4. The molecule has 49 heavy (non-hydrogen) atoms. The van der Waals surface area contributed by atoms with Gasteiger partial charge >= 0.3 is 0 Å². The van der Waals surface area contributed by atoms with Crippen LogP contribution in [0.15, 0.2) is 182 Å². The van der Waals surface area contributed by atoms with Crippen molar-refractivity contribution >= 4 is 60.9 Å². The zero-order chi connectivity index (χ0) is 32.9. The molecule has 0 aliphatic heterocycles. The number of nitrogens with zero attached hydrogens (tertiary/aromatic N) is 1. The van der Waals surface area contributed by atoms with Gasteiger partial charge in [0.05, 0.1) is 32.9 Å². The van der Waals surface area contributed by atoms with Crippen LogP contribution in [0.5, 0.6) is 0 Å². The van der Waals surface area contributed by atoms with Gasteiger partial charge in [-0.15, -0.1) is 0 Å². The SMILES string of the molecule is O=c1c2ccccc2oc2cc3oc4cc(N(c5ccccc5-c5ccccc5)c5ccccc5-c5ccccc5)ccc4c(=O)c3cc12. The Labute approximate surface area is 280 Å². The molecule has 2 heterocycles. The molecule has 0 atom stereocenters. The highest BCUT2D eigenvalue weighted by Gasteiger charge is 2.22. The summed E-state index contributed by atoms with van der Waals surface area (Å²) >= 11 is 0. The number of rotatable bonds is 5. The summed E-state index contributed by atoms with van der Waals surface area (Å²) < 4.78 is 12.6. The van der Waals surface area contributed by atoms with Gasteiger partial charge in [0.25, 0.3) is 0 Å². The molecule has 0 bridgehead atoms. The van der Waals surface area contributed by atoms with Gasteiger partial charge in [-0.05, 0) is 53.6 Å². The molecule has 2 aromatic heterocycles. The third kappa shape index (κ3) is 4.79. The molecular weight excluding hydrogens is 606 g/mol. The first-order valence-electron chi connectivity index (χ1n) is 16.1. The van der Waals surface area contributed by atoms with E-state index in [-0.39, 0.29) is 10.9 Å². The van der Waals surface area contributed by atoms with E-state index in [0.29, 0.717) is 43.9 Å². The van der Waals surface area contributed by atoms with Gasteiger partial charge in [-0.1, -0.05) is 109 Å². The van der Waals surface area contributed by atoms with Crippen LogP contribution in [0.2, 0.25) is 0 Å². The van der Waals surface area contributed by atoms with Crippen molar-refractivity contribution in [1.29, 1.82) is 0 Å². The standard InChI is InChI=1S/C44H27NO4/c46-43-33-19-9-12-22-39(33)48-41-27-42-36(26-35(41)43)44(47)34-24-23-30(25-40(34)49-42)45(37-20-10-7-17-31(37)28-13-3-1-4-14-28)38-21-11-8-18-32(38)29-15-5-2-6-16-29/h1-27H. The van der Waals surface area contributed by atoms with Crippen LogP contribution in [0.1, 0.15) is 0 Å². The molecule has 9 aromatic rings. The average molecular weight is 634 g/mol. The zero-order valence-corrected chi connectivity index (χ0v) is 26.2. The Balaban J connectivity index is 1.30. The maximum Gasteiger partial charge on any atom is 0.200 e. The second kappa shape index (κ2) is 11.5. The summed E-state index contributed by atoms with van der Waals surface area (Å²) in [5, 5.41) is 1.57. The largest absolute Gasteiger partial charge is 0.456 e. The van der Waals surface area contributed by atoms with E-state index in [9.17, 15) is 9.59 Å². The lowest BCUT2D eigenvalue weighted by atomic mass is 9.98. The first kappa shape index (κ1) is 28.5. The Morgan fingerprint density at radius 3 is 1.45 bits per heavy atom. The lowest BCUT2D eigenvalue weighted by molar-refractivity contribution is 0.646. The predicted octanol–water partition coefficient (Wildman–Crippen LogP) is 11.0. The highest BCUT2D eigenvalue weighted by molar-refractivity contribution is 6.01. The van der Waals surface area contributed by atoms with E-state index in [0.717, 1.165) is 39.3 Å². The minimum absolute atomic E-state index is 0.182. The number of benzene rings is 7. The fourth-order valence-electron chi connectivity index (χ4n) is 6.75. The zero-order valence-electron chi connectivity index (χ0n) is 26.2. The minimum Gasteiger partial charge on any atom is -0.456 e. The van der Waals surface area contributed by atoms with E-state index < -0.39 is 0 Å². The van der Waals surface area contributed by atoms with E-state index in [1.54, 1.807) is 30.3 Å². The number of para-hydroxylation sites is 3. The van der Waals surface area contributed by atoms with Crippen molar-refractivity contribution in [3.05, 3.63) is 184 Å². The van der Waals surface area contributed by atoms with Crippen LogP contribution in [0, 0.1) is 0 Å². The van der Waals surface area contributed by atoms with E-state index in [2.05, 4.69) is 53.4 Å². The maximum absolute atomic E-state index is 14.0. The fourth-order valence-corrected chi connectivity index (χ4v) is 6.75. The van der Waals surface area contributed by atoms with Crippen molar-refractivity contribution in [2.45, 2.75) is 0 Å². The van der Waals surface area contributed by atoms with Crippen molar-refractivity contribution in [3.63, 3.8) is 0 Å². The van der Waals surface area contributed by atoms with Crippen LogP contribution in [0.3, 0.4) is 0 Å². The summed E-state index contributed by atoms with van der Waals surface area (Å²) in [5.74, 6) is 0. The summed E-state index contributed by atoms with van der Waals surface area (Å²) in [6.45, 7) is 0. The summed E-state index contributed by atoms with van der Waals surface area (Å²) in [7, 11) is 0. The molecule has 0 spiro atoms. The van der Waals surface area contributed by atoms with Crippen LogP contribution in [-0.2, 0) is 0 Å². The summed E-state index contributed by atoms with van der Waals surface area (Å²) in [6, 6.07) is 53.3. The molecule has 0 unspecified atom stereocenters. The van der Waals surface area contributed by atoms with Crippen LogP contribution in [0.4, 0.5) is 17.1 Å². The highest BCUT2D eigenvalue weighted by atomic mass is 16.3. The molecule has 0 aliphatic rings. The van der Waals surface area contributed by atoms with Gasteiger partial charge in [-0.3, -0.25) is 9.59 Å². The molecule has 7 aromatic carbocycles. The van der Waals surface area contributed by atoms with Crippen LogP contribution in [-0.4, -0.2) is 0 Å². The first-order chi connectivity index (χ1) is 24.1. The van der Waals surface area contributed by atoms with Crippen molar-refractivity contribution in [1.82, 2.24) is 0 Å². The van der Waals surface area contributed by atoms with Crippen LogP contribution in [0.25, 0.3) is 66.1 Å². The predicted molar refractivity (Wildman–Crippen MR) is 199 cm³/mol. The van der Waals surface area contributed by atoms with E-state index in [1.807, 2.05) is 84.9 Å². The summed E-state index contributed by atoms with van der Waals surface area (Å²) in [6.07, 6.45) is 0. The van der Waals surface area contributed by atoms with Gasteiger partial charge in [-0.2, -0.15) is 0 Å². The lowest BCUT2D eigenvalue weighted by Crippen LogP contribution is -2.13. The van der Waals surface area contributed by atoms with Gasteiger partial charge in [0.2, 0.25) is 10.9 Å². The van der Waals surface area contributed by atoms with Crippen LogP contribution >= 0.6 is 0 Å². The Bertz CT molecular complexity index is 2740. The Morgan fingerprint density at radius 2 is 0.837 bits per heavy atom. The molecule has 0 radical (unpaired) electrons. The summed E-state index contributed by atoms with van der Waals surface area (Å²) in [4.78, 5) is 29.6. The Hall–Kier alpha value is -6.72. The Kier molecular flexibility index (Phi) is 6.69. The average Bonchev–Trinajstić information content (AvgIpc) is 3.16. The third-order valence-electron chi connectivity index (χ3n) is 9.07. The van der Waals surface area contributed by atoms with E-state index in [1.165, 1.54) is 0 Å². The molecule has 0 fully saturated rings. The van der Waals surface area contributed by atoms with Crippen molar-refractivity contribution in [2.24, 2.45) is 0 Å². The molecule has 0 amide bonds. The molecule has 232 valence electrons. The molecule has 5 nitrogen and oxygen atoms in total. The molecule has 9 rings (SSSR count).